The molecule has 96 valence electrons. The lowest BCUT2D eigenvalue weighted by Crippen LogP contribution is -2.10. The Balaban J connectivity index is 3.03. The van der Waals surface area contributed by atoms with Crippen molar-refractivity contribution in [3.8, 4) is 0 Å². The summed E-state index contributed by atoms with van der Waals surface area (Å²) in [5, 5.41) is 8.65. The molecule has 0 bridgehead atoms. The SMILES string of the molecule is CCOC(=O)c1ccc(C=O)cc1CCC(=O)O. The number of aryl methyl sites for hydroxylation is 1. The lowest BCUT2D eigenvalue weighted by atomic mass is 10.0. The summed E-state index contributed by atoms with van der Waals surface area (Å²) in [6.45, 7) is 1.93. The fourth-order valence-electron chi connectivity index (χ4n) is 1.54. The smallest absolute Gasteiger partial charge is 0.338 e. The van der Waals surface area contributed by atoms with Gasteiger partial charge in [-0.15, -0.1) is 0 Å². The lowest BCUT2D eigenvalue weighted by molar-refractivity contribution is -0.136. The Morgan fingerprint density at radius 1 is 1.39 bits per heavy atom. The van der Waals surface area contributed by atoms with E-state index in [4.69, 9.17) is 9.84 Å². The topological polar surface area (TPSA) is 80.7 Å². The van der Waals surface area contributed by atoms with Gasteiger partial charge in [0.2, 0.25) is 0 Å². The van der Waals surface area contributed by atoms with E-state index < -0.39 is 11.9 Å². The maximum Gasteiger partial charge on any atom is 0.338 e. The number of esters is 1. The minimum atomic E-state index is -0.957. The molecule has 0 aromatic heterocycles. The summed E-state index contributed by atoms with van der Waals surface area (Å²) in [4.78, 5) is 32.9. The molecule has 0 aliphatic rings. The normalized spacial score (nSPS) is 9.83. The van der Waals surface area contributed by atoms with Crippen molar-refractivity contribution in [3.63, 3.8) is 0 Å². The van der Waals surface area contributed by atoms with Crippen LogP contribution in [0.5, 0.6) is 0 Å². The third kappa shape index (κ3) is 3.69. The molecule has 0 radical (unpaired) electrons. The van der Waals surface area contributed by atoms with Crippen LogP contribution in [0.3, 0.4) is 0 Å². The van der Waals surface area contributed by atoms with Gasteiger partial charge >= 0.3 is 11.9 Å². The van der Waals surface area contributed by atoms with E-state index in [1.54, 1.807) is 6.92 Å². The predicted octanol–water partition coefficient (Wildman–Crippen LogP) is 1.69. The Morgan fingerprint density at radius 2 is 2.11 bits per heavy atom. The van der Waals surface area contributed by atoms with Crippen LogP contribution >= 0.6 is 0 Å². The highest BCUT2D eigenvalue weighted by atomic mass is 16.5. The molecule has 0 aliphatic heterocycles. The van der Waals surface area contributed by atoms with Crippen LogP contribution in [0.25, 0.3) is 0 Å². The molecule has 1 aromatic carbocycles. The molecule has 1 rings (SSSR count). The van der Waals surface area contributed by atoms with Crippen molar-refractivity contribution >= 4 is 18.2 Å². The number of carbonyl (C=O) groups excluding carboxylic acids is 2. The minimum Gasteiger partial charge on any atom is -0.481 e. The first-order chi connectivity index (χ1) is 8.58. The summed E-state index contributed by atoms with van der Waals surface area (Å²) < 4.78 is 4.87. The van der Waals surface area contributed by atoms with Crippen molar-refractivity contribution in [2.75, 3.05) is 6.61 Å². The summed E-state index contributed by atoms with van der Waals surface area (Å²) in [7, 11) is 0. The first kappa shape index (κ1) is 13.9. The maximum absolute atomic E-state index is 11.7. The third-order valence-corrected chi connectivity index (χ3v) is 2.37. The fourth-order valence-corrected chi connectivity index (χ4v) is 1.54. The van der Waals surface area contributed by atoms with Gasteiger partial charge in [0.05, 0.1) is 12.2 Å². The Hall–Kier alpha value is -2.17. The lowest BCUT2D eigenvalue weighted by Gasteiger charge is -2.08. The molecule has 0 heterocycles. The number of hydrogen-bond acceptors (Lipinski definition) is 4. The van der Waals surface area contributed by atoms with Crippen molar-refractivity contribution in [1.29, 1.82) is 0 Å². The minimum absolute atomic E-state index is 0.102. The molecule has 5 heteroatoms. The van der Waals surface area contributed by atoms with Crippen LogP contribution in [0.15, 0.2) is 18.2 Å². The first-order valence-corrected chi connectivity index (χ1v) is 5.55. The molecule has 0 saturated carbocycles. The van der Waals surface area contributed by atoms with Crippen LogP contribution in [0.2, 0.25) is 0 Å². The molecular weight excluding hydrogens is 236 g/mol. The molecule has 5 nitrogen and oxygen atoms in total. The molecule has 1 N–H and O–H groups in total. The average Bonchev–Trinajstić information content (AvgIpc) is 2.36. The highest BCUT2D eigenvalue weighted by Gasteiger charge is 2.13. The summed E-state index contributed by atoms with van der Waals surface area (Å²) in [5.41, 5.74) is 1.23. The molecule has 0 saturated heterocycles. The highest BCUT2D eigenvalue weighted by molar-refractivity contribution is 5.92. The predicted molar refractivity (Wildman–Crippen MR) is 63.7 cm³/mol. The molecule has 0 atom stereocenters. The number of hydrogen-bond donors (Lipinski definition) is 1. The quantitative estimate of drug-likeness (QED) is 0.613. The number of benzene rings is 1. The Morgan fingerprint density at radius 3 is 2.67 bits per heavy atom. The molecule has 0 aliphatic carbocycles. The standard InChI is InChI=1S/C13H14O5/c1-2-18-13(17)11-5-3-9(8-14)7-10(11)4-6-12(15)16/h3,5,7-8H,2,4,6H2,1H3,(H,15,16). The molecule has 18 heavy (non-hydrogen) atoms. The Kier molecular flexibility index (Phi) is 5.05. The van der Waals surface area contributed by atoms with Crippen LogP contribution in [0.4, 0.5) is 0 Å². The first-order valence-electron chi connectivity index (χ1n) is 5.55. The van der Waals surface area contributed by atoms with Gasteiger partial charge in [0, 0.05) is 12.0 Å². The van der Waals surface area contributed by atoms with E-state index in [-0.39, 0.29) is 19.4 Å². The van der Waals surface area contributed by atoms with Gasteiger partial charge in [-0.1, -0.05) is 6.07 Å². The van der Waals surface area contributed by atoms with E-state index in [2.05, 4.69) is 0 Å². The van der Waals surface area contributed by atoms with Gasteiger partial charge in [-0.2, -0.15) is 0 Å². The zero-order chi connectivity index (χ0) is 13.5. The molecule has 1 aromatic rings. The van der Waals surface area contributed by atoms with Crippen LogP contribution in [-0.2, 0) is 16.0 Å². The monoisotopic (exact) mass is 250 g/mol. The average molecular weight is 250 g/mol. The van der Waals surface area contributed by atoms with E-state index in [0.717, 1.165) is 0 Å². The maximum atomic E-state index is 11.7. The summed E-state index contributed by atoms with van der Waals surface area (Å²) in [6.07, 6.45) is 0.735. The van der Waals surface area contributed by atoms with E-state index in [1.165, 1.54) is 18.2 Å². The number of carboxylic acid groups (broad SMARTS) is 1. The van der Waals surface area contributed by atoms with Crippen LogP contribution in [0, 0.1) is 0 Å². The van der Waals surface area contributed by atoms with Crippen LogP contribution in [0.1, 0.15) is 39.6 Å². The van der Waals surface area contributed by atoms with Crippen LogP contribution < -0.4 is 0 Å². The molecule has 0 spiro atoms. The van der Waals surface area contributed by atoms with Crippen molar-refractivity contribution < 1.29 is 24.2 Å². The van der Waals surface area contributed by atoms with Crippen LogP contribution in [-0.4, -0.2) is 29.9 Å². The zero-order valence-corrected chi connectivity index (χ0v) is 10.0. The number of carbonyl (C=O) groups is 3. The second-order valence-corrected chi connectivity index (χ2v) is 3.65. The van der Waals surface area contributed by atoms with Crippen molar-refractivity contribution in [2.45, 2.75) is 19.8 Å². The molecule has 0 amide bonds. The van der Waals surface area contributed by atoms with Crippen molar-refractivity contribution in [1.82, 2.24) is 0 Å². The zero-order valence-electron chi connectivity index (χ0n) is 10.0. The van der Waals surface area contributed by atoms with Gasteiger partial charge in [0.15, 0.2) is 0 Å². The van der Waals surface area contributed by atoms with Crippen molar-refractivity contribution in [3.05, 3.63) is 34.9 Å². The number of carboxylic acids is 1. The van der Waals surface area contributed by atoms with Gasteiger partial charge in [0.25, 0.3) is 0 Å². The molecular formula is C13H14O5. The number of aliphatic carboxylic acids is 1. The summed E-state index contributed by atoms with van der Waals surface area (Å²) >= 11 is 0. The number of rotatable bonds is 6. The van der Waals surface area contributed by atoms with Gasteiger partial charge < -0.3 is 9.84 Å². The fraction of sp³-hybridized carbons (Fsp3) is 0.308. The molecule has 0 unspecified atom stereocenters. The van der Waals surface area contributed by atoms with Gasteiger partial charge in [-0.3, -0.25) is 9.59 Å². The van der Waals surface area contributed by atoms with Gasteiger partial charge in [0.1, 0.15) is 6.29 Å². The second kappa shape index (κ2) is 6.54. The third-order valence-electron chi connectivity index (χ3n) is 2.37. The second-order valence-electron chi connectivity index (χ2n) is 3.65. The Bertz CT molecular complexity index is 464. The van der Waals surface area contributed by atoms with E-state index in [0.29, 0.717) is 23.0 Å². The van der Waals surface area contributed by atoms with E-state index in [1.807, 2.05) is 0 Å². The number of ether oxygens (including phenoxy) is 1. The highest BCUT2D eigenvalue weighted by Crippen LogP contribution is 2.15. The number of aldehydes is 1. The summed E-state index contributed by atoms with van der Waals surface area (Å²) in [6, 6.07) is 4.50. The Labute approximate surface area is 104 Å². The van der Waals surface area contributed by atoms with Gasteiger partial charge in [-0.25, -0.2) is 4.79 Å². The largest absolute Gasteiger partial charge is 0.481 e. The van der Waals surface area contributed by atoms with E-state index in [9.17, 15) is 14.4 Å². The molecule has 0 fully saturated rings. The van der Waals surface area contributed by atoms with Gasteiger partial charge in [-0.05, 0) is 31.0 Å². The summed E-state index contributed by atoms with van der Waals surface area (Å²) in [5.74, 6) is -1.46. The van der Waals surface area contributed by atoms with Crippen molar-refractivity contribution in [2.24, 2.45) is 0 Å². The van der Waals surface area contributed by atoms with E-state index >= 15 is 0 Å².